The number of halogens is 6. The van der Waals surface area contributed by atoms with Gasteiger partial charge in [0.1, 0.15) is 0 Å². The Morgan fingerprint density at radius 2 is 1.47 bits per heavy atom. The summed E-state index contributed by atoms with van der Waals surface area (Å²) in [5.41, 5.74) is 0. The highest BCUT2D eigenvalue weighted by atomic mass is 19.4. The molecule has 0 aromatic rings. The molecule has 0 saturated carbocycles. The van der Waals surface area contributed by atoms with E-state index in [2.05, 4.69) is 9.47 Å². The molecule has 0 unspecified atom stereocenters. The Morgan fingerprint density at radius 1 is 1.00 bits per heavy atom. The van der Waals surface area contributed by atoms with Gasteiger partial charge in [-0.25, -0.2) is 4.79 Å². The number of rotatable bonds is 1. The number of ether oxygens (including phenoxy) is 2. The lowest BCUT2D eigenvalue weighted by Crippen LogP contribution is -2.62. The molecule has 110 valence electrons. The summed E-state index contributed by atoms with van der Waals surface area (Å²) in [5, 5.41) is 1.66. The highest BCUT2D eigenvalue weighted by molar-refractivity contribution is 5.97. The number of alkyl halides is 6. The van der Waals surface area contributed by atoms with Crippen LogP contribution in [0.2, 0.25) is 0 Å². The number of nitrogens with one attached hydrogen (secondary N) is 2. The van der Waals surface area contributed by atoms with Gasteiger partial charge in [0.2, 0.25) is 0 Å². The van der Waals surface area contributed by atoms with Gasteiger partial charge in [-0.3, -0.25) is 15.4 Å². The number of amides is 3. The Morgan fingerprint density at radius 3 is 1.84 bits per heavy atom. The molecule has 0 aliphatic carbocycles. The van der Waals surface area contributed by atoms with E-state index in [0.29, 0.717) is 5.32 Å². The molecule has 1 rings (SSSR count). The molecule has 0 aromatic carbocycles. The Bertz CT molecular complexity index is 373. The highest BCUT2D eigenvalue weighted by Gasteiger charge is 2.62. The first-order chi connectivity index (χ1) is 8.48. The monoisotopic (exact) mass is 296 g/mol. The van der Waals surface area contributed by atoms with Gasteiger partial charge < -0.3 is 9.47 Å². The molecule has 12 heteroatoms. The zero-order valence-electron chi connectivity index (χ0n) is 8.81. The molecule has 0 atom stereocenters. The van der Waals surface area contributed by atoms with Crippen LogP contribution in [0.1, 0.15) is 0 Å². The SMILES string of the molecule is O=C(NC(=O)C(F)(F)F)NC1(C(F)(F)F)OCCO1. The third-order valence-corrected chi connectivity index (χ3v) is 1.83. The second-order valence-electron chi connectivity index (χ2n) is 3.22. The van der Waals surface area contributed by atoms with E-state index in [4.69, 9.17) is 0 Å². The first-order valence-electron chi connectivity index (χ1n) is 4.53. The van der Waals surface area contributed by atoms with Crippen molar-refractivity contribution in [2.24, 2.45) is 0 Å². The van der Waals surface area contributed by atoms with Crippen LogP contribution in [-0.2, 0) is 14.3 Å². The topological polar surface area (TPSA) is 76.7 Å². The summed E-state index contributed by atoms with van der Waals surface area (Å²) >= 11 is 0. The van der Waals surface area contributed by atoms with Gasteiger partial charge in [0.05, 0.1) is 13.2 Å². The maximum Gasteiger partial charge on any atom is 0.471 e. The number of hydrogen-bond donors (Lipinski definition) is 2. The van der Waals surface area contributed by atoms with Crippen LogP contribution >= 0.6 is 0 Å². The molecule has 3 amide bonds. The zero-order valence-corrected chi connectivity index (χ0v) is 8.81. The van der Waals surface area contributed by atoms with Crippen LogP contribution in [-0.4, -0.2) is 43.4 Å². The van der Waals surface area contributed by atoms with E-state index < -0.39 is 43.4 Å². The molecule has 0 bridgehead atoms. The first-order valence-corrected chi connectivity index (χ1v) is 4.53. The van der Waals surface area contributed by atoms with Gasteiger partial charge in [0.25, 0.3) is 0 Å². The molecule has 1 fully saturated rings. The van der Waals surface area contributed by atoms with Crippen LogP contribution in [0.25, 0.3) is 0 Å². The summed E-state index contributed by atoms with van der Waals surface area (Å²) in [6.45, 7) is -1.07. The molecule has 6 nitrogen and oxygen atoms in total. The van der Waals surface area contributed by atoms with Gasteiger partial charge in [0, 0.05) is 0 Å². The van der Waals surface area contributed by atoms with Crippen LogP contribution in [0.15, 0.2) is 0 Å². The minimum Gasteiger partial charge on any atom is -0.323 e. The maximum absolute atomic E-state index is 12.5. The Hall–Kier alpha value is -1.56. The van der Waals surface area contributed by atoms with E-state index in [1.54, 1.807) is 0 Å². The van der Waals surface area contributed by atoms with Gasteiger partial charge in [-0.1, -0.05) is 0 Å². The average molecular weight is 296 g/mol. The summed E-state index contributed by atoms with van der Waals surface area (Å²) < 4.78 is 81.2. The lowest BCUT2D eigenvalue weighted by Gasteiger charge is -2.29. The lowest BCUT2D eigenvalue weighted by molar-refractivity contribution is -0.351. The number of imide groups is 1. The quantitative estimate of drug-likeness (QED) is 0.696. The fourth-order valence-corrected chi connectivity index (χ4v) is 1.07. The minimum absolute atomic E-state index is 0.535. The second kappa shape index (κ2) is 4.85. The largest absolute Gasteiger partial charge is 0.471 e. The van der Waals surface area contributed by atoms with E-state index in [1.807, 2.05) is 0 Å². The van der Waals surface area contributed by atoms with Crippen LogP contribution in [0.5, 0.6) is 0 Å². The number of urea groups is 1. The van der Waals surface area contributed by atoms with Gasteiger partial charge >= 0.3 is 30.2 Å². The van der Waals surface area contributed by atoms with Gasteiger partial charge in [0.15, 0.2) is 0 Å². The molecule has 1 aliphatic rings. The Labute approximate surface area is 101 Å². The third-order valence-electron chi connectivity index (χ3n) is 1.83. The fraction of sp³-hybridized carbons (Fsp3) is 0.714. The highest BCUT2D eigenvalue weighted by Crippen LogP contribution is 2.35. The smallest absolute Gasteiger partial charge is 0.323 e. The average Bonchev–Trinajstić information content (AvgIpc) is 2.64. The van der Waals surface area contributed by atoms with E-state index >= 15 is 0 Å². The number of carbonyl (C=O) groups is 2. The third kappa shape index (κ3) is 3.47. The van der Waals surface area contributed by atoms with Crippen molar-refractivity contribution >= 4 is 11.9 Å². The standard InChI is InChI=1S/C7H6F6N2O4/c8-5(9,10)3(16)14-4(17)15-7(6(11,12)13)18-1-2-19-7/h1-2H2,(H2,14,15,16,17). The van der Waals surface area contributed by atoms with E-state index in [0.717, 1.165) is 5.32 Å². The first kappa shape index (κ1) is 15.5. The van der Waals surface area contributed by atoms with Crippen molar-refractivity contribution in [3.05, 3.63) is 0 Å². The van der Waals surface area contributed by atoms with Crippen LogP contribution in [0, 0.1) is 0 Å². The molecule has 1 heterocycles. The molecular formula is C7H6F6N2O4. The summed E-state index contributed by atoms with van der Waals surface area (Å²) in [7, 11) is 0. The molecule has 0 radical (unpaired) electrons. The molecule has 0 aromatic heterocycles. The van der Waals surface area contributed by atoms with E-state index in [1.165, 1.54) is 0 Å². The van der Waals surface area contributed by atoms with Crippen LogP contribution in [0.4, 0.5) is 31.1 Å². The van der Waals surface area contributed by atoms with Gasteiger partial charge in [-0.15, -0.1) is 0 Å². The van der Waals surface area contributed by atoms with Crippen LogP contribution < -0.4 is 10.6 Å². The molecule has 2 N–H and O–H groups in total. The van der Waals surface area contributed by atoms with Gasteiger partial charge in [-0.2, -0.15) is 26.3 Å². The Kier molecular flexibility index (Phi) is 3.95. The normalized spacial score (nSPS) is 19.1. The molecule has 1 saturated heterocycles. The summed E-state index contributed by atoms with van der Waals surface area (Å²) in [6, 6.07) is -2.05. The predicted molar refractivity (Wildman–Crippen MR) is 43.4 cm³/mol. The molecular weight excluding hydrogens is 290 g/mol. The molecule has 0 spiro atoms. The lowest BCUT2D eigenvalue weighted by atomic mass is 10.4. The summed E-state index contributed by atoms with van der Waals surface area (Å²) in [6.07, 6.45) is -10.7. The Balaban J connectivity index is 2.72. The van der Waals surface area contributed by atoms with Crippen molar-refractivity contribution in [1.29, 1.82) is 0 Å². The van der Waals surface area contributed by atoms with Crippen molar-refractivity contribution in [1.82, 2.24) is 10.6 Å². The second-order valence-corrected chi connectivity index (χ2v) is 3.22. The summed E-state index contributed by atoms with van der Waals surface area (Å²) in [4.78, 5) is 21.2. The predicted octanol–water partition coefficient (Wildman–Crippen LogP) is 0.637. The zero-order chi connectivity index (χ0) is 14.9. The van der Waals surface area contributed by atoms with Crippen molar-refractivity contribution in [2.75, 3.05) is 13.2 Å². The summed E-state index contributed by atoms with van der Waals surface area (Å²) in [5.74, 6) is -6.29. The number of hydrogen-bond acceptors (Lipinski definition) is 4. The van der Waals surface area contributed by atoms with Gasteiger partial charge in [-0.05, 0) is 0 Å². The number of carbonyl (C=O) groups excluding carboxylic acids is 2. The fourth-order valence-electron chi connectivity index (χ4n) is 1.07. The van der Waals surface area contributed by atoms with Crippen molar-refractivity contribution < 1.29 is 45.4 Å². The van der Waals surface area contributed by atoms with Crippen molar-refractivity contribution in [2.45, 2.75) is 18.3 Å². The minimum atomic E-state index is -5.42. The van der Waals surface area contributed by atoms with Crippen molar-refractivity contribution in [3.63, 3.8) is 0 Å². The van der Waals surface area contributed by atoms with Crippen molar-refractivity contribution in [3.8, 4) is 0 Å². The van der Waals surface area contributed by atoms with E-state index in [9.17, 15) is 35.9 Å². The maximum atomic E-state index is 12.5. The van der Waals surface area contributed by atoms with E-state index in [-0.39, 0.29) is 0 Å². The molecule has 19 heavy (non-hydrogen) atoms. The molecule has 1 aliphatic heterocycles. The van der Waals surface area contributed by atoms with Crippen LogP contribution in [0.3, 0.4) is 0 Å².